The summed E-state index contributed by atoms with van der Waals surface area (Å²) >= 11 is 0. The van der Waals surface area contributed by atoms with Crippen molar-refractivity contribution in [2.75, 3.05) is 32.1 Å². The van der Waals surface area contributed by atoms with Crippen molar-refractivity contribution in [3.05, 3.63) is 23.8 Å². The van der Waals surface area contributed by atoms with E-state index in [9.17, 15) is 0 Å². The number of anilines is 1. The maximum absolute atomic E-state index is 5.56. The molecule has 19 heavy (non-hydrogen) atoms. The number of nitrogens with zero attached hydrogens (tertiary/aromatic N) is 1. The minimum Gasteiger partial charge on any atom is -0.496 e. The van der Waals surface area contributed by atoms with Crippen LogP contribution in [0.3, 0.4) is 0 Å². The van der Waals surface area contributed by atoms with Gasteiger partial charge in [-0.2, -0.15) is 0 Å². The molecule has 106 valence electrons. The number of rotatable bonds is 4. The Morgan fingerprint density at radius 2 is 1.89 bits per heavy atom. The quantitative estimate of drug-likeness (QED) is 0.902. The molecule has 1 aliphatic rings. The second kappa shape index (κ2) is 5.83. The number of nitrogens with one attached hydrogen (secondary N) is 1. The van der Waals surface area contributed by atoms with Crippen molar-refractivity contribution >= 4 is 5.69 Å². The summed E-state index contributed by atoms with van der Waals surface area (Å²) < 4.78 is 5.56. The van der Waals surface area contributed by atoms with E-state index in [-0.39, 0.29) is 6.04 Å². The van der Waals surface area contributed by atoms with Gasteiger partial charge in [-0.25, -0.2) is 0 Å². The molecule has 3 unspecified atom stereocenters. The summed E-state index contributed by atoms with van der Waals surface area (Å²) in [6.07, 6.45) is 0. The Bertz CT molecular complexity index is 423. The molecule has 0 bridgehead atoms. The minimum atomic E-state index is 0.289. The van der Waals surface area contributed by atoms with Crippen LogP contribution in [0.4, 0.5) is 5.69 Å². The highest BCUT2D eigenvalue weighted by Gasteiger charge is 2.29. The predicted molar refractivity (Wildman–Crippen MR) is 81.0 cm³/mol. The van der Waals surface area contributed by atoms with Crippen molar-refractivity contribution in [1.29, 1.82) is 0 Å². The van der Waals surface area contributed by atoms with E-state index in [2.05, 4.69) is 49.2 Å². The van der Waals surface area contributed by atoms with Crippen molar-refractivity contribution in [2.45, 2.75) is 26.8 Å². The SMILES string of the molecule is CNC(C)c1c(OC)cccc1N1CC(C)C(C)C1. The summed E-state index contributed by atoms with van der Waals surface area (Å²) in [6.45, 7) is 9.14. The van der Waals surface area contributed by atoms with Gasteiger partial charge in [-0.1, -0.05) is 19.9 Å². The Labute approximate surface area is 116 Å². The maximum atomic E-state index is 5.56. The van der Waals surface area contributed by atoms with Crippen LogP contribution in [0.2, 0.25) is 0 Å². The zero-order chi connectivity index (χ0) is 14.0. The molecular weight excluding hydrogens is 236 g/mol. The molecule has 3 nitrogen and oxygen atoms in total. The Hall–Kier alpha value is -1.22. The van der Waals surface area contributed by atoms with E-state index in [1.54, 1.807) is 7.11 Å². The number of benzene rings is 1. The van der Waals surface area contributed by atoms with E-state index in [4.69, 9.17) is 4.74 Å². The van der Waals surface area contributed by atoms with E-state index in [0.29, 0.717) is 0 Å². The van der Waals surface area contributed by atoms with Crippen LogP contribution in [-0.2, 0) is 0 Å². The number of hydrogen-bond donors (Lipinski definition) is 1. The largest absolute Gasteiger partial charge is 0.496 e. The van der Waals surface area contributed by atoms with Gasteiger partial charge in [0.15, 0.2) is 0 Å². The van der Waals surface area contributed by atoms with Gasteiger partial charge in [-0.15, -0.1) is 0 Å². The van der Waals surface area contributed by atoms with Gasteiger partial charge in [-0.05, 0) is 37.9 Å². The van der Waals surface area contributed by atoms with Gasteiger partial charge in [0, 0.05) is 30.4 Å². The maximum Gasteiger partial charge on any atom is 0.125 e. The van der Waals surface area contributed by atoms with Crippen LogP contribution in [0.15, 0.2) is 18.2 Å². The molecule has 1 fully saturated rings. The molecule has 3 heteroatoms. The Balaban J connectivity index is 2.39. The zero-order valence-corrected chi connectivity index (χ0v) is 12.7. The first kappa shape index (κ1) is 14.2. The molecule has 0 amide bonds. The fourth-order valence-corrected chi connectivity index (χ4v) is 2.89. The molecule has 2 rings (SSSR count). The first-order valence-electron chi connectivity index (χ1n) is 7.17. The van der Waals surface area contributed by atoms with E-state index >= 15 is 0 Å². The van der Waals surface area contributed by atoms with Gasteiger partial charge in [0.2, 0.25) is 0 Å². The molecule has 0 saturated carbocycles. The van der Waals surface area contributed by atoms with Gasteiger partial charge in [-0.3, -0.25) is 0 Å². The summed E-state index contributed by atoms with van der Waals surface area (Å²) in [5, 5.41) is 3.34. The molecule has 1 N–H and O–H groups in total. The van der Waals surface area contributed by atoms with E-state index in [1.165, 1.54) is 11.3 Å². The van der Waals surface area contributed by atoms with Crippen molar-refractivity contribution in [2.24, 2.45) is 11.8 Å². The van der Waals surface area contributed by atoms with E-state index in [0.717, 1.165) is 30.7 Å². The molecule has 1 aliphatic heterocycles. The van der Waals surface area contributed by atoms with E-state index in [1.807, 2.05) is 7.05 Å². The molecule has 0 aliphatic carbocycles. The lowest BCUT2D eigenvalue weighted by Crippen LogP contribution is -2.24. The molecule has 1 aromatic rings. The third kappa shape index (κ3) is 2.71. The van der Waals surface area contributed by atoms with Crippen molar-refractivity contribution in [3.63, 3.8) is 0 Å². The molecular formula is C16H26N2O. The first-order chi connectivity index (χ1) is 9.08. The summed E-state index contributed by atoms with van der Waals surface area (Å²) in [4.78, 5) is 2.50. The molecule has 0 aromatic heterocycles. The van der Waals surface area contributed by atoms with Crippen LogP contribution in [-0.4, -0.2) is 27.2 Å². The highest BCUT2D eigenvalue weighted by atomic mass is 16.5. The highest BCUT2D eigenvalue weighted by Crippen LogP contribution is 2.37. The van der Waals surface area contributed by atoms with Crippen LogP contribution in [0, 0.1) is 11.8 Å². The van der Waals surface area contributed by atoms with Crippen molar-refractivity contribution < 1.29 is 4.74 Å². The van der Waals surface area contributed by atoms with Crippen molar-refractivity contribution in [3.8, 4) is 5.75 Å². The Morgan fingerprint density at radius 1 is 1.26 bits per heavy atom. The Morgan fingerprint density at radius 3 is 2.42 bits per heavy atom. The fourth-order valence-electron chi connectivity index (χ4n) is 2.89. The van der Waals surface area contributed by atoms with Crippen LogP contribution in [0.5, 0.6) is 5.75 Å². The lowest BCUT2D eigenvalue weighted by atomic mass is 10.0. The Kier molecular flexibility index (Phi) is 4.35. The molecule has 0 spiro atoms. The smallest absolute Gasteiger partial charge is 0.125 e. The highest BCUT2D eigenvalue weighted by molar-refractivity contribution is 5.61. The average molecular weight is 262 g/mol. The van der Waals surface area contributed by atoms with Crippen LogP contribution < -0.4 is 15.0 Å². The zero-order valence-electron chi connectivity index (χ0n) is 12.7. The number of methoxy groups -OCH3 is 1. The van der Waals surface area contributed by atoms with Crippen molar-refractivity contribution in [1.82, 2.24) is 5.32 Å². The summed E-state index contributed by atoms with van der Waals surface area (Å²) in [5.74, 6) is 2.49. The molecule has 1 aromatic carbocycles. The molecule has 1 heterocycles. The monoisotopic (exact) mass is 262 g/mol. The first-order valence-corrected chi connectivity index (χ1v) is 7.17. The predicted octanol–water partition coefficient (Wildman–Crippen LogP) is 3.07. The standard InChI is InChI=1S/C16H26N2O/c1-11-9-18(10-12(11)2)14-7-6-8-15(19-5)16(14)13(3)17-4/h6-8,11-13,17H,9-10H2,1-5H3. The van der Waals surface area contributed by atoms with E-state index < -0.39 is 0 Å². The van der Waals surface area contributed by atoms with Crippen LogP contribution in [0.1, 0.15) is 32.4 Å². The molecule has 3 atom stereocenters. The van der Waals surface area contributed by atoms with Gasteiger partial charge in [0.25, 0.3) is 0 Å². The van der Waals surface area contributed by atoms with Gasteiger partial charge in [0.05, 0.1) is 7.11 Å². The molecule has 0 radical (unpaired) electrons. The fraction of sp³-hybridized carbons (Fsp3) is 0.625. The number of hydrogen-bond acceptors (Lipinski definition) is 3. The number of ether oxygens (including phenoxy) is 1. The summed E-state index contributed by atoms with van der Waals surface area (Å²) in [6, 6.07) is 6.65. The topological polar surface area (TPSA) is 24.5 Å². The van der Waals surface area contributed by atoms with Gasteiger partial charge < -0.3 is 15.0 Å². The molecule has 1 saturated heterocycles. The normalized spacial score (nSPS) is 24.6. The van der Waals surface area contributed by atoms with Gasteiger partial charge in [0.1, 0.15) is 5.75 Å². The summed E-state index contributed by atoms with van der Waals surface area (Å²) in [7, 11) is 3.75. The van der Waals surface area contributed by atoms with Gasteiger partial charge >= 0.3 is 0 Å². The third-order valence-corrected chi connectivity index (χ3v) is 4.46. The van der Waals surface area contributed by atoms with Crippen LogP contribution in [0.25, 0.3) is 0 Å². The third-order valence-electron chi connectivity index (χ3n) is 4.46. The second-order valence-corrected chi connectivity index (χ2v) is 5.76. The summed E-state index contributed by atoms with van der Waals surface area (Å²) in [5.41, 5.74) is 2.59. The van der Waals surface area contributed by atoms with Crippen LogP contribution >= 0.6 is 0 Å². The minimum absolute atomic E-state index is 0.289. The lowest BCUT2D eigenvalue weighted by molar-refractivity contribution is 0.404. The lowest BCUT2D eigenvalue weighted by Gasteiger charge is -2.26. The second-order valence-electron chi connectivity index (χ2n) is 5.76. The average Bonchev–Trinajstić information content (AvgIpc) is 2.76.